The second-order valence-corrected chi connectivity index (χ2v) is 8.86. The molecule has 1 amide bonds. The van der Waals surface area contributed by atoms with Crippen LogP contribution in [-0.2, 0) is 16.0 Å². The zero-order chi connectivity index (χ0) is 22.3. The number of allylic oxidation sites excluding steroid dienone is 1. The molecule has 4 heterocycles. The van der Waals surface area contributed by atoms with Crippen molar-refractivity contribution >= 4 is 23.0 Å². The Morgan fingerprint density at radius 3 is 2.97 bits per heavy atom. The Hall–Kier alpha value is -3.19. The zero-order valence-corrected chi connectivity index (χ0v) is 18.0. The van der Waals surface area contributed by atoms with Gasteiger partial charge >= 0.3 is 0 Å². The summed E-state index contributed by atoms with van der Waals surface area (Å²) in [7, 11) is 0. The number of aromatic nitrogens is 1. The fraction of sp³-hybridized carbons (Fsp3) is 0.360. The van der Waals surface area contributed by atoms with Gasteiger partial charge in [-0.25, -0.2) is 9.37 Å². The number of fused-ring (bicyclic) bond motifs is 1. The number of carbonyl (C=O) groups excluding carboxylic acids is 1. The Bertz CT molecular complexity index is 1110. The number of piperidine rings is 1. The lowest BCUT2D eigenvalue weighted by atomic mass is 9.98. The number of halogens is 1. The van der Waals surface area contributed by atoms with Gasteiger partial charge in [-0.05, 0) is 68.2 Å². The van der Waals surface area contributed by atoms with Crippen LogP contribution in [0.4, 0.5) is 15.9 Å². The van der Waals surface area contributed by atoms with Gasteiger partial charge in [0, 0.05) is 24.7 Å². The van der Waals surface area contributed by atoms with Crippen LogP contribution in [0, 0.1) is 5.82 Å². The molecule has 2 aromatic rings. The van der Waals surface area contributed by atoms with E-state index in [9.17, 15) is 14.3 Å². The van der Waals surface area contributed by atoms with E-state index in [0.29, 0.717) is 29.0 Å². The molecule has 32 heavy (non-hydrogen) atoms. The quantitative estimate of drug-likeness (QED) is 0.715. The van der Waals surface area contributed by atoms with Crippen molar-refractivity contribution in [3.05, 3.63) is 71.4 Å². The van der Waals surface area contributed by atoms with E-state index in [1.54, 1.807) is 6.07 Å². The van der Waals surface area contributed by atoms with Crippen molar-refractivity contribution in [2.24, 2.45) is 0 Å². The van der Waals surface area contributed by atoms with Gasteiger partial charge in [0.15, 0.2) is 0 Å². The zero-order valence-electron chi connectivity index (χ0n) is 18.0. The van der Waals surface area contributed by atoms with Gasteiger partial charge in [-0.3, -0.25) is 4.79 Å². The molecule has 6 nitrogen and oxygen atoms in total. The largest absolute Gasteiger partial charge is 0.482 e. The summed E-state index contributed by atoms with van der Waals surface area (Å²) in [6.45, 7) is 3.02. The summed E-state index contributed by atoms with van der Waals surface area (Å²) in [4.78, 5) is 19.3. The molecule has 1 saturated heterocycles. The van der Waals surface area contributed by atoms with Crippen LogP contribution in [0.1, 0.15) is 37.3 Å². The molecule has 3 aliphatic rings. The number of aliphatic hydroxyl groups is 1. The van der Waals surface area contributed by atoms with E-state index in [0.717, 1.165) is 37.2 Å². The molecule has 2 N–H and O–H groups in total. The summed E-state index contributed by atoms with van der Waals surface area (Å²) in [6, 6.07) is 8.42. The lowest BCUT2D eigenvalue weighted by molar-refractivity contribution is -0.111. The number of benzene rings is 1. The third-order valence-electron chi connectivity index (χ3n) is 6.40. The van der Waals surface area contributed by atoms with Crippen LogP contribution < -0.4 is 10.2 Å². The fourth-order valence-electron chi connectivity index (χ4n) is 4.78. The molecule has 1 aromatic carbocycles. The topological polar surface area (TPSA) is 74.7 Å². The molecule has 1 fully saturated rings. The molecular formula is C25H26FN3O3. The van der Waals surface area contributed by atoms with Crippen molar-refractivity contribution in [2.45, 2.75) is 44.2 Å². The van der Waals surface area contributed by atoms with Crippen LogP contribution in [0.15, 0.2) is 54.4 Å². The van der Waals surface area contributed by atoms with E-state index >= 15 is 0 Å². The second kappa shape index (κ2) is 8.06. The Morgan fingerprint density at radius 1 is 1.31 bits per heavy atom. The van der Waals surface area contributed by atoms with Crippen LogP contribution in [0.25, 0.3) is 5.57 Å². The average Bonchev–Trinajstić information content (AvgIpc) is 3.32. The highest BCUT2D eigenvalue weighted by Crippen LogP contribution is 2.39. The first kappa shape index (κ1) is 20.7. The first-order valence-corrected chi connectivity index (χ1v) is 11.0. The monoisotopic (exact) mass is 435 g/mol. The number of amides is 1. The van der Waals surface area contributed by atoms with E-state index in [1.807, 2.05) is 37.4 Å². The van der Waals surface area contributed by atoms with Gasteiger partial charge in [0.05, 0.1) is 23.9 Å². The molecule has 7 heteroatoms. The van der Waals surface area contributed by atoms with Crippen LogP contribution >= 0.6 is 0 Å². The fourth-order valence-corrected chi connectivity index (χ4v) is 4.78. The van der Waals surface area contributed by atoms with Crippen molar-refractivity contribution in [1.82, 2.24) is 4.98 Å². The smallest absolute Gasteiger partial charge is 0.260 e. The molecule has 3 aliphatic heterocycles. The lowest BCUT2D eigenvalue weighted by Crippen LogP contribution is -2.42. The molecule has 2 unspecified atom stereocenters. The highest BCUT2D eigenvalue weighted by molar-refractivity contribution is 6.32. The average molecular weight is 435 g/mol. The SMILES string of the molecule is CC1(Cc2ccc(N3CCCCC3CO)nc2)C=C/C(=C2\C(=O)Nc3cc(F)ccc32)O1. The minimum absolute atomic E-state index is 0.129. The predicted octanol–water partition coefficient (Wildman–Crippen LogP) is 3.82. The van der Waals surface area contributed by atoms with Crippen LogP contribution in [-0.4, -0.2) is 40.8 Å². The maximum atomic E-state index is 13.5. The molecular weight excluding hydrogens is 409 g/mol. The summed E-state index contributed by atoms with van der Waals surface area (Å²) >= 11 is 0. The van der Waals surface area contributed by atoms with Crippen molar-refractivity contribution in [3.63, 3.8) is 0 Å². The standard InChI is InChI=1S/C25H26FN3O3/c1-25(13-16-5-8-22(27-14-16)29-11-3-2-4-18(29)15-30)10-9-21(32-25)23-19-7-6-17(26)12-20(19)28-24(23)31/h5-10,12,14,18,30H,2-4,11,13,15H2,1H3,(H,28,31)/b23-21+. The number of rotatable bonds is 4. The van der Waals surface area contributed by atoms with E-state index in [1.165, 1.54) is 12.1 Å². The molecule has 5 rings (SSSR count). The minimum Gasteiger partial charge on any atom is -0.482 e. The number of carbonyl (C=O) groups is 1. The summed E-state index contributed by atoms with van der Waals surface area (Å²) in [6.07, 6.45) is 9.44. The predicted molar refractivity (Wildman–Crippen MR) is 121 cm³/mol. The number of hydrogen-bond donors (Lipinski definition) is 2. The molecule has 0 bridgehead atoms. The Labute approximate surface area is 186 Å². The Kier molecular flexibility index (Phi) is 5.21. The first-order chi connectivity index (χ1) is 15.5. The maximum absolute atomic E-state index is 13.5. The first-order valence-electron chi connectivity index (χ1n) is 11.0. The van der Waals surface area contributed by atoms with E-state index < -0.39 is 11.4 Å². The summed E-state index contributed by atoms with van der Waals surface area (Å²) in [5.74, 6) is 0.683. The second-order valence-electron chi connectivity index (χ2n) is 8.86. The Balaban J connectivity index is 1.33. The molecule has 166 valence electrons. The van der Waals surface area contributed by atoms with E-state index in [-0.39, 0.29) is 18.6 Å². The number of aliphatic hydroxyl groups excluding tert-OH is 1. The third-order valence-corrected chi connectivity index (χ3v) is 6.40. The van der Waals surface area contributed by atoms with Gasteiger partial charge in [-0.1, -0.05) is 6.07 Å². The van der Waals surface area contributed by atoms with Gasteiger partial charge in [0.25, 0.3) is 5.91 Å². The molecule has 0 aliphatic carbocycles. The number of pyridine rings is 1. The summed E-state index contributed by atoms with van der Waals surface area (Å²) in [5.41, 5.74) is 1.93. The summed E-state index contributed by atoms with van der Waals surface area (Å²) in [5, 5.41) is 12.4. The molecule has 1 aromatic heterocycles. The van der Waals surface area contributed by atoms with Crippen LogP contribution in [0.3, 0.4) is 0 Å². The van der Waals surface area contributed by atoms with Gasteiger partial charge in [-0.2, -0.15) is 0 Å². The molecule has 0 saturated carbocycles. The van der Waals surface area contributed by atoms with Gasteiger partial charge < -0.3 is 20.1 Å². The highest BCUT2D eigenvalue weighted by atomic mass is 19.1. The van der Waals surface area contributed by atoms with Gasteiger partial charge in [-0.15, -0.1) is 0 Å². The van der Waals surface area contributed by atoms with E-state index in [4.69, 9.17) is 4.74 Å². The lowest BCUT2D eigenvalue weighted by Gasteiger charge is -2.35. The Morgan fingerprint density at radius 2 is 2.19 bits per heavy atom. The van der Waals surface area contributed by atoms with Crippen molar-refractivity contribution in [2.75, 3.05) is 23.4 Å². The number of nitrogens with zero attached hydrogens (tertiary/aromatic N) is 2. The number of anilines is 2. The molecule has 0 spiro atoms. The van der Waals surface area contributed by atoms with Crippen molar-refractivity contribution in [1.29, 1.82) is 0 Å². The van der Waals surface area contributed by atoms with Gasteiger partial charge in [0.1, 0.15) is 23.0 Å². The highest BCUT2D eigenvalue weighted by Gasteiger charge is 2.35. The summed E-state index contributed by atoms with van der Waals surface area (Å²) < 4.78 is 19.7. The maximum Gasteiger partial charge on any atom is 0.260 e. The molecule has 0 radical (unpaired) electrons. The normalized spacial score (nSPS) is 26.8. The third kappa shape index (κ3) is 3.77. The van der Waals surface area contributed by atoms with Crippen LogP contribution in [0.2, 0.25) is 0 Å². The number of ether oxygens (including phenoxy) is 1. The number of hydrogen-bond acceptors (Lipinski definition) is 5. The van der Waals surface area contributed by atoms with Crippen LogP contribution in [0.5, 0.6) is 0 Å². The minimum atomic E-state index is -0.618. The van der Waals surface area contributed by atoms with E-state index in [2.05, 4.69) is 15.2 Å². The van der Waals surface area contributed by atoms with Gasteiger partial charge in [0.2, 0.25) is 0 Å². The van der Waals surface area contributed by atoms with Crippen molar-refractivity contribution in [3.8, 4) is 0 Å². The molecule has 2 atom stereocenters. The number of nitrogens with one attached hydrogen (secondary N) is 1. The van der Waals surface area contributed by atoms with Crippen molar-refractivity contribution < 1.29 is 19.0 Å².